The number of hydrogen-bond acceptors (Lipinski definition) is 7. The van der Waals surface area contributed by atoms with Gasteiger partial charge in [0, 0.05) is 69.9 Å². The van der Waals surface area contributed by atoms with Gasteiger partial charge >= 0.3 is 0 Å². The van der Waals surface area contributed by atoms with E-state index in [0.717, 1.165) is 37.1 Å². The molecule has 1 fully saturated rings. The minimum Gasteiger partial charge on any atom is -0.493 e. The molecule has 9 nitrogen and oxygen atoms in total. The van der Waals surface area contributed by atoms with Crippen molar-refractivity contribution in [3.63, 3.8) is 0 Å². The van der Waals surface area contributed by atoms with Crippen LogP contribution >= 0.6 is 0 Å². The number of benzene rings is 2. The van der Waals surface area contributed by atoms with Gasteiger partial charge in [0.25, 0.3) is 5.91 Å². The Balaban J connectivity index is 1.41. The van der Waals surface area contributed by atoms with Crippen LogP contribution in [0.4, 0.5) is 0 Å². The number of nitrogens with zero attached hydrogens (tertiary/aromatic N) is 2. The van der Waals surface area contributed by atoms with Gasteiger partial charge in [0.1, 0.15) is 0 Å². The van der Waals surface area contributed by atoms with Crippen molar-refractivity contribution in [3.8, 4) is 11.5 Å². The highest BCUT2D eigenvalue weighted by atomic mass is 16.5. The van der Waals surface area contributed by atoms with Crippen LogP contribution in [0.1, 0.15) is 36.2 Å². The highest BCUT2D eigenvalue weighted by Gasteiger charge is 2.31. The summed E-state index contributed by atoms with van der Waals surface area (Å²) in [7, 11) is 3.27. The predicted octanol–water partition coefficient (Wildman–Crippen LogP) is 3.22. The van der Waals surface area contributed by atoms with Crippen molar-refractivity contribution in [2.45, 2.75) is 38.9 Å². The largest absolute Gasteiger partial charge is 0.493 e. The van der Waals surface area contributed by atoms with Crippen molar-refractivity contribution < 1.29 is 19.0 Å². The third-order valence-corrected chi connectivity index (χ3v) is 6.87. The van der Waals surface area contributed by atoms with E-state index >= 15 is 0 Å². The smallest absolute Gasteiger partial charge is 0.254 e. The van der Waals surface area contributed by atoms with E-state index in [9.17, 15) is 4.79 Å². The summed E-state index contributed by atoms with van der Waals surface area (Å²) >= 11 is 0. The number of H-pyrrole nitrogens is 1. The van der Waals surface area contributed by atoms with Gasteiger partial charge in [-0.25, -0.2) is 4.98 Å². The zero-order valence-electron chi connectivity index (χ0n) is 22.3. The quantitative estimate of drug-likeness (QED) is 0.304. The van der Waals surface area contributed by atoms with Gasteiger partial charge < -0.3 is 34.7 Å². The number of hydrogen-bond donors (Lipinski definition) is 3. The number of nitrogens with one attached hydrogen (secondary N) is 3. The second-order valence-electron chi connectivity index (χ2n) is 9.77. The molecular formula is C28H39N5O4. The second-order valence-corrected chi connectivity index (χ2v) is 9.77. The van der Waals surface area contributed by atoms with Crippen molar-refractivity contribution in [1.82, 2.24) is 25.5 Å². The van der Waals surface area contributed by atoms with Crippen LogP contribution in [0.25, 0.3) is 11.0 Å². The number of aromatic nitrogens is 2. The fourth-order valence-corrected chi connectivity index (χ4v) is 4.75. The van der Waals surface area contributed by atoms with E-state index in [4.69, 9.17) is 14.2 Å². The molecule has 3 N–H and O–H groups in total. The number of carbonyl (C=O) groups excluding carboxylic acids is 1. The fraction of sp³-hybridized carbons (Fsp3) is 0.500. The van der Waals surface area contributed by atoms with E-state index in [0.29, 0.717) is 42.7 Å². The number of imidazole rings is 1. The van der Waals surface area contributed by atoms with Crippen LogP contribution in [0.2, 0.25) is 0 Å². The summed E-state index contributed by atoms with van der Waals surface area (Å²) in [6.07, 6.45) is 2.48. The van der Waals surface area contributed by atoms with Gasteiger partial charge in [-0.1, -0.05) is 6.07 Å². The summed E-state index contributed by atoms with van der Waals surface area (Å²) in [5.41, 5.74) is 3.80. The monoisotopic (exact) mass is 509 g/mol. The first-order valence-electron chi connectivity index (χ1n) is 13.0. The van der Waals surface area contributed by atoms with Crippen molar-refractivity contribution in [3.05, 3.63) is 53.9 Å². The third kappa shape index (κ3) is 6.80. The van der Waals surface area contributed by atoms with Crippen molar-refractivity contribution in [2.24, 2.45) is 5.92 Å². The first kappa shape index (κ1) is 26.9. The van der Waals surface area contributed by atoms with Crippen LogP contribution in [-0.4, -0.2) is 79.9 Å². The number of carbonyl (C=O) groups is 1. The van der Waals surface area contributed by atoms with Gasteiger partial charge in [-0.15, -0.1) is 0 Å². The highest BCUT2D eigenvalue weighted by molar-refractivity contribution is 5.95. The summed E-state index contributed by atoms with van der Waals surface area (Å²) in [4.78, 5) is 23.1. The number of ether oxygens (including phenoxy) is 3. The number of rotatable bonds is 13. The minimum absolute atomic E-state index is 0.00553. The molecule has 4 rings (SSSR count). The zero-order valence-corrected chi connectivity index (χ0v) is 22.3. The molecule has 2 aromatic carbocycles. The highest BCUT2D eigenvalue weighted by Crippen LogP contribution is 2.29. The Morgan fingerprint density at radius 3 is 2.78 bits per heavy atom. The lowest BCUT2D eigenvalue weighted by atomic mass is 10.0. The summed E-state index contributed by atoms with van der Waals surface area (Å²) in [5, 5.41) is 7.20. The lowest BCUT2D eigenvalue weighted by Crippen LogP contribution is -2.46. The molecule has 0 saturated carbocycles. The maximum absolute atomic E-state index is 13.6. The Morgan fingerprint density at radius 2 is 2.00 bits per heavy atom. The normalized spacial score (nSPS) is 17.4. The van der Waals surface area contributed by atoms with Crippen LogP contribution in [-0.2, 0) is 11.3 Å². The van der Waals surface area contributed by atoms with E-state index in [-0.39, 0.29) is 18.0 Å². The Hall–Kier alpha value is -3.14. The molecule has 9 heteroatoms. The van der Waals surface area contributed by atoms with E-state index in [1.165, 1.54) is 5.56 Å². The lowest BCUT2D eigenvalue weighted by Gasteiger charge is -2.32. The molecular weight excluding hydrogens is 470 g/mol. The number of fused-ring (bicyclic) bond motifs is 1. The van der Waals surface area contributed by atoms with Crippen LogP contribution < -0.4 is 20.1 Å². The number of aromatic amines is 1. The topological polar surface area (TPSA) is 101 Å². The summed E-state index contributed by atoms with van der Waals surface area (Å²) in [6, 6.07) is 12.0. The molecule has 3 aromatic rings. The Morgan fingerprint density at radius 1 is 1.14 bits per heavy atom. The predicted molar refractivity (Wildman–Crippen MR) is 144 cm³/mol. The standard InChI is InChI=1S/C28H39N5O4/c1-19(2)33(28(34)21-7-9-26(36-4)27(13-21)37-11-5-10-35-3)17-22-15-29-16-25(22)30-14-20-6-8-23-24(12-20)32-18-31-23/h6-9,12-13,18-19,22,25,29-30H,5,10-11,14-17H2,1-4H3,(H,31,32). The summed E-state index contributed by atoms with van der Waals surface area (Å²) in [5.74, 6) is 1.48. The molecule has 1 amide bonds. The van der Waals surface area contributed by atoms with Crippen molar-refractivity contribution in [2.75, 3.05) is 47.1 Å². The minimum atomic E-state index is -0.00553. The molecule has 1 aromatic heterocycles. The van der Waals surface area contributed by atoms with Gasteiger partial charge in [-0.05, 0) is 49.7 Å². The lowest BCUT2D eigenvalue weighted by molar-refractivity contribution is 0.0668. The molecule has 0 spiro atoms. The van der Waals surface area contributed by atoms with Gasteiger partial charge in [0.05, 0.1) is 31.1 Å². The van der Waals surface area contributed by atoms with Crippen molar-refractivity contribution in [1.29, 1.82) is 0 Å². The molecule has 0 bridgehead atoms. The maximum Gasteiger partial charge on any atom is 0.254 e. The van der Waals surface area contributed by atoms with Gasteiger partial charge in [-0.2, -0.15) is 0 Å². The molecule has 1 saturated heterocycles. The van der Waals surface area contributed by atoms with E-state index in [2.05, 4.69) is 52.6 Å². The van der Waals surface area contributed by atoms with Gasteiger partial charge in [0.2, 0.25) is 0 Å². The van der Waals surface area contributed by atoms with E-state index in [1.54, 1.807) is 32.7 Å². The van der Waals surface area contributed by atoms with Crippen LogP contribution in [0.15, 0.2) is 42.7 Å². The molecule has 0 radical (unpaired) electrons. The van der Waals surface area contributed by atoms with E-state index < -0.39 is 0 Å². The van der Waals surface area contributed by atoms with Crippen LogP contribution in [0.5, 0.6) is 11.5 Å². The molecule has 200 valence electrons. The van der Waals surface area contributed by atoms with Gasteiger partial charge in [-0.3, -0.25) is 4.79 Å². The molecule has 37 heavy (non-hydrogen) atoms. The van der Waals surface area contributed by atoms with Crippen molar-refractivity contribution >= 4 is 16.9 Å². The van der Waals surface area contributed by atoms with Gasteiger partial charge in [0.15, 0.2) is 11.5 Å². The molecule has 2 atom stereocenters. The Bertz CT molecular complexity index is 1160. The third-order valence-electron chi connectivity index (χ3n) is 6.87. The van der Waals surface area contributed by atoms with Crippen LogP contribution in [0.3, 0.4) is 0 Å². The Kier molecular flexibility index (Phi) is 9.38. The maximum atomic E-state index is 13.6. The molecule has 2 heterocycles. The molecule has 1 aliphatic rings. The first-order chi connectivity index (χ1) is 18.0. The SMILES string of the molecule is COCCCOc1cc(C(=O)N(CC2CNCC2NCc2ccc3[nH]cnc3c2)C(C)C)ccc1OC. The summed E-state index contributed by atoms with van der Waals surface area (Å²) in [6.45, 7) is 8.38. The molecule has 2 unspecified atom stereocenters. The Labute approximate surface area is 218 Å². The average molecular weight is 510 g/mol. The number of methoxy groups -OCH3 is 2. The molecule has 0 aliphatic carbocycles. The fourth-order valence-electron chi connectivity index (χ4n) is 4.75. The molecule has 1 aliphatic heterocycles. The summed E-state index contributed by atoms with van der Waals surface area (Å²) < 4.78 is 16.4. The van der Waals surface area contributed by atoms with E-state index in [1.807, 2.05) is 11.0 Å². The first-order valence-corrected chi connectivity index (χ1v) is 13.0. The number of amides is 1. The average Bonchev–Trinajstić information content (AvgIpc) is 3.56. The van der Waals surface area contributed by atoms with Crippen LogP contribution in [0, 0.1) is 5.92 Å². The zero-order chi connectivity index (χ0) is 26.2. The second kappa shape index (κ2) is 12.9.